The Morgan fingerprint density at radius 2 is 2.00 bits per heavy atom. The number of aryl methyl sites for hydroxylation is 1. The molecule has 1 aliphatic heterocycles. The standard InChI is InChI=1S/C21H20ClN5O2S/c1-14-10-15(27-8-6-26(13-28)7-9-27)11-23-19(14)20(29)25-21-24-18(12-30-21)16-4-2-3-5-17(16)22/h2-5,10-13H,6-9H2,1H3,(H,24,25,29). The maximum absolute atomic E-state index is 12.7. The zero-order valence-corrected chi connectivity index (χ0v) is 17.9. The zero-order valence-electron chi connectivity index (χ0n) is 16.3. The van der Waals surface area contributed by atoms with Crippen LogP contribution in [0.4, 0.5) is 10.8 Å². The summed E-state index contributed by atoms with van der Waals surface area (Å²) < 4.78 is 0. The second-order valence-corrected chi connectivity index (χ2v) is 8.22. The number of pyridine rings is 1. The summed E-state index contributed by atoms with van der Waals surface area (Å²) in [6.45, 7) is 4.72. The molecule has 0 spiro atoms. The molecule has 3 aromatic rings. The summed E-state index contributed by atoms with van der Waals surface area (Å²) >= 11 is 7.57. The number of hydrogen-bond donors (Lipinski definition) is 1. The molecule has 1 N–H and O–H groups in total. The molecular formula is C21H20ClN5O2S. The van der Waals surface area contributed by atoms with Crippen molar-refractivity contribution in [3.63, 3.8) is 0 Å². The maximum Gasteiger partial charge on any atom is 0.276 e. The van der Waals surface area contributed by atoms with Crippen molar-refractivity contribution in [1.82, 2.24) is 14.9 Å². The molecule has 154 valence electrons. The van der Waals surface area contributed by atoms with Crippen LogP contribution in [0, 0.1) is 6.92 Å². The molecule has 30 heavy (non-hydrogen) atoms. The smallest absolute Gasteiger partial charge is 0.276 e. The molecule has 9 heteroatoms. The van der Waals surface area contributed by atoms with E-state index in [2.05, 4.69) is 20.2 Å². The number of nitrogens with zero attached hydrogens (tertiary/aromatic N) is 4. The second-order valence-electron chi connectivity index (χ2n) is 6.96. The Bertz CT molecular complexity index is 1080. The first-order valence-corrected chi connectivity index (χ1v) is 10.7. The normalized spacial score (nSPS) is 13.9. The highest BCUT2D eigenvalue weighted by Gasteiger charge is 2.19. The zero-order chi connectivity index (χ0) is 21.1. The van der Waals surface area contributed by atoms with Gasteiger partial charge in [-0.25, -0.2) is 9.97 Å². The van der Waals surface area contributed by atoms with Gasteiger partial charge in [-0.2, -0.15) is 0 Å². The first-order valence-electron chi connectivity index (χ1n) is 9.48. The van der Waals surface area contributed by atoms with Gasteiger partial charge in [0.1, 0.15) is 5.69 Å². The van der Waals surface area contributed by atoms with Crippen LogP contribution in [0.15, 0.2) is 41.9 Å². The van der Waals surface area contributed by atoms with Crippen LogP contribution in [0.5, 0.6) is 0 Å². The van der Waals surface area contributed by atoms with Gasteiger partial charge in [0.15, 0.2) is 5.13 Å². The van der Waals surface area contributed by atoms with Crippen LogP contribution < -0.4 is 10.2 Å². The number of nitrogens with one attached hydrogen (secondary N) is 1. The molecule has 1 aromatic carbocycles. The second kappa shape index (κ2) is 8.81. The third-order valence-corrected chi connectivity index (χ3v) is 6.07. The predicted octanol–water partition coefficient (Wildman–Crippen LogP) is 3.70. The molecule has 2 amide bonds. The highest BCUT2D eigenvalue weighted by Crippen LogP contribution is 2.30. The Kier molecular flexibility index (Phi) is 5.96. The van der Waals surface area contributed by atoms with Crippen LogP contribution in [0.1, 0.15) is 16.1 Å². The number of hydrogen-bond acceptors (Lipinski definition) is 6. The number of carbonyl (C=O) groups excluding carboxylic acids is 2. The number of halogens is 1. The van der Waals surface area contributed by atoms with E-state index in [1.54, 1.807) is 11.1 Å². The summed E-state index contributed by atoms with van der Waals surface area (Å²) in [5.74, 6) is -0.301. The molecule has 3 heterocycles. The molecule has 0 radical (unpaired) electrons. The van der Waals surface area contributed by atoms with E-state index in [0.717, 1.165) is 42.0 Å². The third-order valence-electron chi connectivity index (χ3n) is 4.98. The Labute approximate surface area is 183 Å². The van der Waals surface area contributed by atoms with E-state index in [1.807, 2.05) is 42.6 Å². The first kappa shape index (κ1) is 20.3. The van der Waals surface area contributed by atoms with Crippen LogP contribution in [0.3, 0.4) is 0 Å². The van der Waals surface area contributed by atoms with Crippen molar-refractivity contribution in [1.29, 1.82) is 0 Å². The molecule has 2 aromatic heterocycles. The van der Waals surface area contributed by atoms with Crippen LogP contribution in [-0.4, -0.2) is 53.4 Å². The van der Waals surface area contributed by atoms with Crippen molar-refractivity contribution in [2.75, 3.05) is 36.4 Å². The Balaban J connectivity index is 1.45. The highest BCUT2D eigenvalue weighted by molar-refractivity contribution is 7.14. The van der Waals surface area contributed by atoms with Crippen molar-refractivity contribution in [2.24, 2.45) is 0 Å². The molecule has 0 bridgehead atoms. The predicted molar refractivity (Wildman–Crippen MR) is 119 cm³/mol. The van der Waals surface area contributed by atoms with Gasteiger partial charge in [-0.3, -0.25) is 14.9 Å². The molecule has 4 rings (SSSR count). The average Bonchev–Trinajstić information content (AvgIpc) is 3.22. The summed E-state index contributed by atoms with van der Waals surface area (Å²) in [5.41, 5.74) is 3.63. The summed E-state index contributed by atoms with van der Waals surface area (Å²) in [7, 11) is 0. The minimum absolute atomic E-state index is 0.301. The van der Waals surface area contributed by atoms with Gasteiger partial charge in [-0.15, -0.1) is 11.3 Å². The summed E-state index contributed by atoms with van der Waals surface area (Å²) in [4.78, 5) is 36.4. The largest absolute Gasteiger partial charge is 0.367 e. The van der Waals surface area contributed by atoms with E-state index < -0.39 is 0 Å². The molecule has 0 unspecified atom stereocenters. The van der Waals surface area contributed by atoms with Crippen molar-refractivity contribution in [3.8, 4) is 11.3 Å². The van der Waals surface area contributed by atoms with E-state index in [4.69, 9.17) is 11.6 Å². The van der Waals surface area contributed by atoms with Gasteiger partial charge in [0.25, 0.3) is 5.91 Å². The van der Waals surface area contributed by atoms with E-state index >= 15 is 0 Å². The molecule has 1 fully saturated rings. The lowest BCUT2D eigenvalue weighted by atomic mass is 10.1. The minimum Gasteiger partial charge on any atom is -0.367 e. The van der Waals surface area contributed by atoms with Crippen LogP contribution >= 0.6 is 22.9 Å². The lowest BCUT2D eigenvalue weighted by Gasteiger charge is -2.34. The SMILES string of the molecule is Cc1cc(N2CCN(C=O)CC2)cnc1C(=O)Nc1nc(-c2ccccc2Cl)cs1. The number of piperazine rings is 1. The first-order chi connectivity index (χ1) is 14.5. The maximum atomic E-state index is 12.7. The minimum atomic E-state index is -0.301. The number of carbonyl (C=O) groups is 2. The third kappa shape index (κ3) is 4.29. The Morgan fingerprint density at radius 3 is 2.70 bits per heavy atom. The molecule has 0 atom stereocenters. The average molecular weight is 442 g/mol. The number of benzene rings is 1. The molecule has 0 aliphatic carbocycles. The molecule has 7 nitrogen and oxygen atoms in total. The number of aromatic nitrogens is 2. The molecule has 0 saturated carbocycles. The van der Waals surface area contributed by atoms with Gasteiger partial charge < -0.3 is 9.80 Å². The molecule has 1 saturated heterocycles. The van der Waals surface area contributed by atoms with Gasteiger partial charge in [0, 0.05) is 42.1 Å². The number of rotatable bonds is 5. The summed E-state index contributed by atoms with van der Waals surface area (Å²) in [6.07, 6.45) is 2.58. The number of amides is 2. The summed E-state index contributed by atoms with van der Waals surface area (Å²) in [5, 5.41) is 5.79. The Morgan fingerprint density at radius 1 is 1.23 bits per heavy atom. The Hall–Kier alpha value is -2.97. The molecular weight excluding hydrogens is 422 g/mol. The fraction of sp³-hybridized carbons (Fsp3) is 0.238. The van der Waals surface area contributed by atoms with E-state index in [-0.39, 0.29) is 5.91 Å². The van der Waals surface area contributed by atoms with E-state index in [9.17, 15) is 9.59 Å². The number of anilines is 2. The fourth-order valence-corrected chi connectivity index (χ4v) is 4.27. The quantitative estimate of drug-likeness (QED) is 0.611. The van der Waals surface area contributed by atoms with Gasteiger partial charge in [0.05, 0.1) is 17.6 Å². The topological polar surface area (TPSA) is 78.4 Å². The van der Waals surface area contributed by atoms with Gasteiger partial charge in [-0.1, -0.05) is 29.8 Å². The van der Waals surface area contributed by atoms with E-state index in [0.29, 0.717) is 28.9 Å². The van der Waals surface area contributed by atoms with Gasteiger partial charge in [-0.05, 0) is 24.6 Å². The van der Waals surface area contributed by atoms with Crippen molar-refractivity contribution < 1.29 is 9.59 Å². The van der Waals surface area contributed by atoms with Crippen molar-refractivity contribution in [2.45, 2.75) is 6.92 Å². The lowest BCUT2D eigenvalue weighted by Crippen LogP contribution is -2.45. The molecule has 1 aliphatic rings. The van der Waals surface area contributed by atoms with Crippen LogP contribution in [0.25, 0.3) is 11.3 Å². The van der Waals surface area contributed by atoms with Gasteiger partial charge >= 0.3 is 0 Å². The highest BCUT2D eigenvalue weighted by atomic mass is 35.5. The van der Waals surface area contributed by atoms with Crippen LogP contribution in [-0.2, 0) is 4.79 Å². The van der Waals surface area contributed by atoms with Gasteiger partial charge in [0.2, 0.25) is 6.41 Å². The lowest BCUT2D eigenvalue weighted by molar-refractivity contribution is -0.118. The van der Waals surface area contributed by atoms with Crippen LogP contribution in [0.2, 0.25) is 5.02 Å². The number of thiazole rings is 1. The van der Waals surface area contributed by atoms with E-state index in [1.165, 1.54) is 11.3 Å². The van der Waals surface area contributed by atoms with Crippen molar-refractivity contribution >= 4 is 46.1 Å². The monoisotopic (exact) mass is 441 g/mol. The summed E-state index contributed by atoms with van der Waals surface area (Å²) in [6, 6.07) is 9.41. The fourth-order valence-electron chi connectivity index (χ4n) is 3.34. The van der Waals surface area contributed by atoms with Crippen molar-refractivity contribution in [3.05, 3.63) is 58.2 Å².